The average molecular weight is 291 g/mol. The van der Waals surface area contributed by atoms with Crippen LogP contribution in [0.1, 0.15) is 32.3 Å². The molecule has 0 N–H and O–H groups in total. The molecule has 3 rings (SSSR count). The minimum Gasteiger partial charge on any atom is -0.314 e. The molecule has 1 aliphatic rings. The minimum absolute atomic E-state index is 1.08. The van der Waals surface area contributed by atoms with Crippen LogP contribution in [0, 0.1) is 6.92 Å². The first kappa shape index (κ1) is 16.1. The Labute approximate surface area is 134 Å². The van der Waals surface area contributed by atoms with E-state index in [1.807, 2.05) is 13.8 Å². The fourth-order valence-corrected chi connectivity index (χ4v) is 2.53. The maximum atomic E-state index is 2.35. The van der Waals surface area contributed by atoms with Gasteiger partial charge < -0.3 is 4.90 Å². The van der Waals surface area contributed by atoms with Crippen molar-refractivity contribution in [3.05, 3.63) is 84.1 Å². The molecule has 0 amide bonds. The Morgan fingerprint density at radius 2 is 1.45 bits per heavy atom. The lowest BCUT2D eigenvalue weighted by Gasteiger charge is -2.28. The maximum Gasteiger partial charge on any atom is 0.0458 e. The van der Waals surface area contributed by atoms with Crippen molar-refractivity contribution in [1.82, 2.24) is 0 Å². The first-order valence-corrected chi connectivity index (χ1v) is 8.12. The summed E-state index contributed by atoms with van der Waals surface area (Å²) in [7, 11) is 0. The van der Waals surface area contributed by atoms with Gasteiger partial charge in [-0.05, 0) is 50.1 Å². The van der Waals surface area contributed by atoms with E-state index in [0.29, 0.717) is 0 Å². The highest BCUT2D eigenvalue weighted by molar-refractivity contribution is 5.68. The van der Waals surface area contributed by atoms with Crippen LogP contribution in [0.2, 0.25) is 0 Å². The lowest BCUT2D eigenvalue weighted by molar-refractivity contribution is 0.917. The fraction of sp³-hybridized carbons (Fsp3) is 0.238. The van der Waals surface area contributed by atoms with Crippen molar-refractivity contribution >= 4 is 11.4 Å². The third-order valence-electron chi connectivity index (χ3n) is 3.59. The predicted molar refractivity (Wildman–Crippen MR) is 97.6 cm³/mol. The Morgan fingerprint density at radius 1 is 0.818 bits per heavy atom. The molecule has 1 heteroatoms. The van der Waals surface area contributed by atoms with Gasteiger partial charge in [0.05, 0.1) is 0 Å². The van der Waals surface area contributed by atoms with Gasteiger partial charge in [-0.15, -0.1) is 0 Å². The molecule has 114 valence electrons. The summed E-state index contributed by atoms with van der Waals surface area (Å²) in [6, 6.07) is 19.3. The standard InChI is InChI=1S/C19H19N.C2H6/c1-16-12-14-19(15-13-16)20(17-8-4-2-5-9-17)18-10-6-3-7-11-18;1-2/h2-6,8-10,12-15H,7,11H2,1H3;1-2H3. The number of anilines is 2. The van der Waals surface area contributed by atoms with E-state index in [1.54, 1.807) is 0 Å². The second-order valence-electron chi connectivity index (χ2n) is 5.13. The molecule has 0 unspecified atom stereocenters. The van der Waals surface area contributed by atoms with Crippen LogP contribution >= 0.6 is 0 Å². The van der Waals surface area contributed by atoms with E-state index in [1.165, 1.54) is 22.6 Å². The summed E-state index contributed by atoms with van der Waals surface area (Å²) in [4.78, 5) is 2.35. The second-order valence-corrected chi connectivity index (χ2v) is 5.13. The molecule has 0 atom stereocenters. The zero-order chi connectivity index (χ0) is 15.8. The van der Waals surface area contributed by atoms with Gasteiger partial charge in [0.2, 0.25) is 0 Å². The molecular formula is C21H25N. The second kappa shape index (κ2) is 8.23. The summed E-state index contributed by atoms with van der Waals surface area (Å²) >= 11 is 0. The summed E-state index contributed by atoms with van der Waals surface area (Å²) in [5.41, 5.74) is 5.09. The number of allylic oxidation sites excluding steroid dienone is 4. The summed E-state index contributed by atoms with van der Waals surface area (Å²) < 4.78 is 0. The van der Waals surface area contributed by atoms with Gasteiger partial charge in [0.1, 0.15) is 0 Å². The Hall–Kier alpha value is -2.28. The number of aryl methyl sites for hydroxylation is 1. The van der Waals surface area contributed by atoms with Gasteiger partial charge in [-0.25, -0.2) is 0 Å². The van der Waals surface area contributed by atoms with Crippen molar-refractivity contribution in [2.45, 2.75) is 33.6 Å². The van der Waals surface area contributed by atoms with Crippen LogP contribution in [-0.4, -0.2) is 0 Å². The van der Waals surface area contributed by atoms with Crippen LogP contribution < -0.4 is 4.90 Å². The van der Waals surface area contributed by atoms with E-state index in [-0.39, 0.29) is 0 Å². The Bertz CT molecular complexity index is 621. The number of rotatable bonds is 3. The predicted octanol–water partition coefficient (Wildman–Crippen LogP) is 6.39. The highest BCUT2D eigenvalue weighted by atomic mass is 15.1. The lowest BCUT2D eigenvalue weighted by atomic mass is 10.1. The Kier molecular flexibility index (Phi) is 6.02. The van der Waals surface area contributed by atoms with Gasteiger partial charge in [0, 0.05) is 17.1 Å². The van der Waals surface area contributed by atoms with Crippen molar-refractivity contribution in [2.24, 2.45) is 0 Å². The summed E-state index contributed by atoms with van der Waals surface area (Å²) in [6.07, 6.45) is 8.79. The topological polar surface area (TPSA) is 3.24 Å². The highest BCUT2D eigenvalue weighted by Gasteiger charge is 2.14. The van der Waals surface area contributed by atoms with Gasteiger partial charge in [-0.2, -0.15) is 0 Å². The molecule has 0 saturated carbocycles. The summed E-state index contributed by atoms with van der Waals surface area (Å²) in [6.45, 7) is 6.12. The van der Waals surface area contributed by atoms with Crippen LogP contribution in [0.3, 0.4) is 0 Å². The highest BCUT2D eigenvalue weighted by Crippen LogP contribution is 2.32. The molecule has 0 spiro atoms. The van der Waals surface area contributed by atoms with Crippen molar-refractivity contribution < 1.29 is 0 Å². The zero-order valence-corrected chi connectivity index (χ0v) is 13.8. The van der Waals surface area contributed by atoms with E-state index in [4.69, 9.17) is 0 Å². The van der Waals surface area contributed by atoms with E-state index in [9.17, 15) is 0 Å². The zero-order valence-electron chi connectivity index (χ0n) is 13.8. The normalized spacial score (nSPS) is 13.0. The monoisotopic (exact) mass is 291 g/mol. The third kappa shape index (κ3) is 3.88. The lowest BCUT2D eigenvalue weighted by Crippen LogP contribution is -2.17. The van der Waals surface area contributed by atoms with Crippen molar-refractivity contribution in [3.63, 3.8) is 0 Å². The molecular weight excluding hydrogens is 266 g/mol. The van der Waals surface area contributed by atoms with Crippen molar-refractivity contribution in [3.8, 4) is 0 Å². The van der Waals surface area contributed by atoms with Gasteiger partial charge in [0.25, 0.3) is 0 Å². The van der Waals surface area contributed by atoms with Gasteiger partial charge in [0.15, 0.2) is 0 Å². The van der Waals surface area contributed by atoms with Crippen molar-refractivity contribution in [2.75, 3.05) is 4.90 Å². The molecule has 0 saturated heterocycles. The van der Waals surface area contributed by atoms with Gasteiger partial charge in [-0.3, -0.25) is 0 Å². The van der Waals surface area contributed by atoms with Crippen LogP contribution in [0.4, 0.5) is 11.4 Å². The van der Waals surface area contributed by atoms with E-state index in [2.05, 4.69) is 84.6 Å². The van der Waals surface area contributed by atoms with E-state index >= 15 is 0 Å². The van der Waals surface area contributed by atoms with Gasteiger partial charge in [-0.1, -0.05) is 61.9 Å². The van der Waals surface area contributed by atoms with E-state index in [0.717, 1.165) is 12.8 Å². The Morgan fingerprint density at radius 3 is 2.05 bits per heavy atom. The third-order valence-corrected chi connectivity index (χ3v) is 3.59. The largest absolute Gasteiger partial charge is 0.314 e. The number of benzene rings is 2. The average Bonchev–Trinajstić information content (AvgIpc) is 2.61. The molecule has 0 aromatic heterocycles. The van der Waals surface area contributed by atoms with Gasteiger partial charge >= 0.3 is 0 Å². The molecule has 0 fully saturated rings. The number of para-hydroxylation sites is 1. The van der Waals surface area contributed by atoms with Crippen molar-refractivity contribution in [1.29, 1.82) is 0 Å². The molecule has 1 nitrogen and oxygen atoms in total. The van der Waals surface area contributed by atoms with Crippen LogP contribution in [0.15, 0.2) is 78.5 Å². The fourth-order valence-electron chi connectivity index (χ4n) is 2.53. The molecule has 0 bridgehead atoms. The first-order chi connectivity index (χ1) is 10.8. The first-order valence-electron chi connectivity index (χ1n) is 8.12. The van der Waals surface area contributed by atoms with Crippen LogP contribution in [0.5, 0.6) is 0 Å². The maximum absolute atomic E-state index is 2.35. The van der Waals surface area contributed by atoms with Crippen LogP contribution in [0.25, 0.3) is 0 Å². The van der Waals surface area contributed by atoms with Crippen LogP contribution in [-0.2, 0) is 0 Å². The quantitative estimate of drug-likeness (QED) is 0.633. The molecule has 2 aromatic carbocycles. The molecule has 0 aliphatic heterocycles. The molecule has 1 aliphatic carbocycles. The number of hydrogen-bond acceptors (Lipinski definition) is 1. The number of nitrogens with zero attached hydrogens (tertiary/aromatic N) is 1. The molecule has 2 aromatic rings. The summed E-state index contributed by atoms with van der Waals surface area (Å²) in [5, 5.41) is 0. The Balaban J connectivity index is 0.000000847. The number of hydrogen-bond donors (Lipinski definition) is 0. The SMILES string of the molecule is CC.Cc1ccc(N(C2=CC=CCC2)c2ccccc2)cc1. The smallest absolute Gasteiger partial charge is 0.0458 e. The summed E-state index contributed by atoms with van der Waals surface area (Å²) in [5.74, 6) is 0. The molecule has 0 radical (unpaired) electrons. The minimum atomic E-state index is 1.08. The molecule has 0 heterocycles. The van der Waals surface area contributed by atoms with E-state index < -0.39 is 0 Å². The molecule has 22 heavy (non-hydrogen) atoms.